The van der Waals surface area contributed by atoms with Gasteiger partial charge in [-0.3, -0.25) is 0 Å². The Hall–Kier alpha value is -3.06. The summed E-state index contributed by atoms with van der Waals surface area (Å²) in [7, 11) is 0. The highest BCUT2D eigenvalue weighted by Gasteiger charge is 2.06. The van der Waals surface area contributed by atoms with Gasteiger partial charge in [0, 0.05) is 22.5 Å². The fraction of sp³-hybridized carbons (Fsp3) is 0.222. The molecule has 1 unspecified atom stereocenters. The Kier molecular flexibility index (Phi) is 5.61. The molecule has 1 heterocycles. The number of rotatable bonds is 3. The van der Waals surface area contributed by atoms with Crippen LogP contribution < -0.4 is 16.2 Å². The van der Waals surface area contributed by atoms with Gasteiger partial charge in [-0.2, -0.15) is 0 Å². The number of benzene rings is 2. The molecule has 0 aliphatic heterocycles. The molecule has 7 nitrogen and oxygen atoms in total. The largest absolute Gasteiger partial charge is 0.494 e. The van der Waals surface area contributed by atoms with Crippen LogP contribution in [0.4, 0.5) is 11.4 Å². The molecule has 1 atom stereocenters. The van der Waals surface area contributed by atoms with Gasteiger partial charge in [0.05, 0.1) is 23.3 Å². The Morgan fingerprint density at radius 3 is 2.48 bits per heavy atom. The van der Waals surface area contributed by atoms with Crippen molar-refractivity contribution in [2.75, 3.05) is 18.1 Å². The predicted octanol–water partition coefficient (Wildman–Crippen LogP) is 2.40. The average Bonchev–Trinajstić information content (AvgIpc) is 2.54. The number of aliphatic hydroxyl groups excluding tert-OH is 1. The van der Waals surface area contributed by atoms with E-state index in [-0.39, 0.29) is 0 Å². The Morgan fingerprint density at radius 1 is 1.20 bits per heavy atom. The van der Waals surface area contributed by atoms with Crippen LogP contribution in [0, 0.1) is 0 Å². The maximum atomic E-state index is 9.45. The molecule has 0 spiro atoms. The van der Waals surface area contributed by atoms with Gasteiger partial charge in [-0.25, -0.2) is 9.78 Å². The molecule has 0 aliphatic rings. The number of aromatic nitrogens is 1. The van der Waals surface area contributed by atoms with Crippen LogP contribution in [0.1, 0.15) is 13.8 Å². The van der Waals surface area contributed by atoms with E-state index in [0.717, 1.165) is 33.2 Å². The first kappa shape index (κ1) is 18.3. The number of pyridine rings is 1. The molecule has 0 saturated heterocycles. The summed E-state index contributed by atoms with van der Waals surface area (Å²) in [4.78, 5) is 14.0. The van der Waals surface area contributed by atoms with Crippen LogP contribution in [0.15, 0.2) is 36.4 Å². The molecule has 132 valence electrons. The molecule has 0 amide bonds. The average molecular weight is 343 g/mol. The van der Waals surface area contributed by atoms with Gasteiger partial charge in [0.2, 0.25) is 0 Å². The fourth-order valence-electron chi connectivity index (χ4n) is 2.22. The van der Waals surface area contributed by atoms with Crippen LogP contribution >= 0.6 is 0 Å². The number of aliphatic hydroxyl groups is 1. The third-order valence-corrected chi connectivity index (χ3v) is 3.41. The normalized spacial score (nSPS) is 11.6. The molecular weight excluding hydrogens is 322 g/mol. The lowest BCUT2D eigenvalue weighted by atomic mass is 10.1. The third kappa shape index (κ3) is 4.48. The van der Waals surface area contributed by atoms with Gasteiger partial charge in [-0.05, 0) is 44.2 Å². The number of hydrogen-bond donors (Lipinski definition) is 4. The third-order valence-electron chi connectivity index (χ3n) is 3.41. The van der Waals surface area contributed by atoms with E-state index in [1.54, 1.807) is 0 Å². The molecule has 6 N–H and O–H groups in total. The van der Waals surface area contributed by atoms with Crippen LogP contribution in [0.5, 0.6) is 5.75 Å². The van der Waals surface area contributed by atoms with E-state index in [0.29, 0.717) is 12.3 Å². The molecule has 0 saturated carbocycles. The quantitative estimate of drug-likeness (QED) is 0.424. The van der Waals surface area contributed by atoms with Crippen molar-refractivity contribution >= 4 is 39.1 Å². The number of ether oxygens (including phenoxy) is 1. The number of carboxylic acid groups (broad SMARTS) is 1. The van der Waals surface area contributed by atoms with Gasteiger partial charge in [-0.15, -0.1) is 0 Å². The zero-order valence-electron chi connectivity index (χ0n) is 14.1. The molecule has 0 radical (unpaired) electrons. The summed E-state index contributed by atoms with van der Waals surface area (Å²) in [5, 5.41) is 17.7. The summed E-state index contributed by atoms with van der Waals surface area (Å²) in [6.45, 7) is 3.75. The molecule has 3 aromatic rings. The highest BCUT2D eigenvalue weighted by molar-refractivity contribution is 5.99. The standard InChI is InChI=1S/C15H15N3O.C3H6O3/c1-2-19-12-7-10-5-9-6-11(16)3-4-14(9)18-15(10)13(17)8-12;1-2(4)3(5)6/h3-8H,2,16-17H2,1H3;2,4H,1H3,(H,5,6). The van der Waals surface area contributed by atoms with Gasteiger partial charge in [0.1, 0.15) is 11.9 Å². The van der Waals surface area contributed by atoms with Gasteiger partial charge < -0.3 is 26.4 Å². The molecule has 1 aromatic heterocycles. The number of anilines is 2. The smallest absolute Gasteiger partial charge is 0.332 e. The molecule has 3 rings (SSSR count). The maximum Gasteiger partial charge on any atom is 0.332 e. The second kappa shape index (κ2) is 7.67. The summed E-state index contributed by atoms with van der Waals surface area (Å²) in [6.07, 6.45) is -1.23. The van der Waals surface area contributed by atoms with Crippen LogP contribution in [-0.4, -0.2) is 33.9 Å². The maximum absolute atomic E-state index is 9.45. The van der Waals surface area contributed by atoms with Crippen LogP contribution in [0.2, 0.25) is 0 Å². The highest BCUT2D eigenvalue weighted by Crippen LogP contribution is 2.29. The lowest BCUT2D eigenvalue weighted by Gasteiger charge is -2.08. The summed E-state index contributed by atoms with van der Waals surface area (Å²) in [6, 6.07) is 11.4. The number of carboxylic acids is 1. The zero-order valence-corrected chi connectivity index (χ0v) is 14.1. The lowest BCUT2D eigenvalue weighted by Crippen LogP contribution is -2.13. The van der Waals surface area contributed by atoms with Crippen molar-refractivity contribution in [3.8, 4) is 5.75 Å². The van der Waals surface area contributed by atoms with E-state index in [2.05, 4.69) is 4.98 Å². The second-order valence-electron chi connectivity index (χ2n) is 5.47. The summed E-state index contributed by atoms with van der Waals surface area (Å²) >= 11 is 0. The summed E-state index contributed by atoms with van der Waals surface area (Å²) in [5.41, 5.74) is 14.9. The molecule has 0 fully saturated rings. The molecule has 0 bridgehead atoms. The summed E-state index contributed by atoms with van der Waals surface area (Å²) < 4.78 is 5.50. The Bertz CT molecular complexity index is 910. The van der Waals surface area contributed by atoms with Gasteiger partial charge in [0.15, 0.2) is 0 Å². The minimum atomic E-state index is -1.23. The van der Waals surface area contributed by atoms with Crippen LogP contribution in [0.25, 0.3) is 21.8 Å². The van der Waals surface area contributed by atoms with E-state index in [1.807, 2.05) is 43.3 Å². The Labute approximate surface area is 144 Å². The van der Waals surface area contributed by atoms with E-state index in [1.165, 1.54) is 6.92 Å². The first-order valence-electron chi connectivity index (χ1n) is 7.75. The van der Waals surface area contributed by atoms with Crippen molar-refractivity contribution in [2.24, 2.45) is 0 Å². The Morgan fingerprint density at radius 2 is 1.88 bits per heavy atom. The van der Waals surface area contributed by atoms with Gasteiger partial charge in [-0.1, -0.05) is 0 Å². The highest BCUT2D eigenvalue weighted by atomic mass is 16.5. The van der Waals surface area contributed by atoms with Crippen molar-refractivity contribution in [1.29, 1.82) is 0 Å². The van der Waals surface area contributed by atoms with Crippen LogP contribution in [-0.2, 0) is 4.79 Å². The van der Waals surface area contributed by atoms with Gasteiger partial charge >= 0.3 is 5.97 Å². The van der Waals surface area contributed by atoms with E-state index < -0.39 is 12.1 Å². The molecular formula is C18H21N3O4. The SMILES string of the molecule is CC(O)C(=O)O.CCOc1cc(N)c2nc3ccc(N)cc3cc2c1. The number of aliphatic carboxylic acids is 1. The molecule has 2 aromatic carbocycles. The monoisotopic (exact) mass is 343 g/mol. The number of nitrogen functional groups attached to an aromatic ring is 2. The number of carbonyl (C=O) groups is 1. The van der Waals surface area contributed by atoms with Crippen molar-refractivity contribution in [1.82, 2.24) is 4.98 Å². The van der Waals surface area contributed by atoms with Crippen molar-refractivity contribution in [3.05, 3.63) is 36.4 Å². The number of hydrogen-bond acceptors (Lipinski definition) is 6. The fourth-order valence-corrected chi connectivity index (χ4v) is 2.22. The number of nitrogens with two attached hydrogens (primary N) is 2. The Balaban J connectivity index is 0.000000326. The number of fused-ring (bicyclic) bond motifs is 2. The lowest BCUT2D eigenvalue weighted by molar-refractivity contribution is -0.145. The first-order valence-corrected chi connectivity index (χ1v) is 7.75. The molecule has 25 heavy (non-hydrogen) atoms. The minimum absolute atomic E-state index is 0.610. The summed E-state index contributed by atoms with van der Waals surface area (Å²) in [5.74, 6) is -0.424. The van der Waals surface area contributed by atoms with Crippen molar-refractivity contribution < 1.29 is 19.7 Å². The zero-order chi connectivity index (χ0) is 18.6. The van der Waals surface area contributed by atoms with E-state index >= 15 is 0 Å². The topological polar surface area (TPSA) is 132 Å². The first-order chi connectivity index (χ1) is 11.8. The van der Waals surface area contributed by atoms with Crippen LogP contribution in [0.3, 0.4) is 0 Å². The second-order valence-corrected chi connectivity index (χ2v) is 5.47. The van der Waals surface area contributed by atoms with E-state index in [9.17, 15) is 4.79 Å². The van der Waals surface area contributed by atoms with Gasteiger partial charge in [0.25, 0.3) is 0 Å². The van der Waals surface area contributed by atoms with Crippen molar-refractivity contribution in [2.45, 2.75) is 20.0 Å². The molecule has 0 aliphatic carbocycles. The number of nitrogens with zero attached hydrogens (tertiary/aromatic N) is 1. The predicted molar refractivity (Wildman–Crippen MR) is 98.6 cm³/mol. The van der Waals surface area contributed by atoms with Crippen molar-refractivity contribution in [3.63, 3.8) is 0 Å². The van der Waals surface area contributed by atoms with E-state index in [4.69, 9.17) is 26.4 Å². The molecule has 7 heteroatoms. The minimum Gasteiger partial charge on any atom is -0.494 e.